The number of alkyl carbamates (subject to hydrolysis) is 1. The lowest BCUT2D eigenvalue weighted by Crippen LogP contribution is -2.38. The molecule has 0 saturated heterocycles. The number of halogens is 5. The van der Waals surface area contributed by atoms with Crippen molar-refractivity contribution in [2.75, 3.05) is 5.32 Å². The second kappa shape index (κ2) is 17.2. The van der Waals surface area contributed by atoms with Gasteiger partial charge in [0, 0.05) is 18.0 Å². The number of hydrogen-bond acceptors (Lipinski definition) is 9. The topological polar surface area (TPSA) is 150 Å². The number of nitrogens with zero attached hydrogens (tertiary/aromatic N) is 3. The van der Waals surface area contributed by atoms with Crippen LogP contribution in [0.1, 0.15) is 73.4 Å². The number of carbonyl (C=O) groups is 4. The van der Waals surface area contributed by atoms with Crippen LogP contribution in [0.4, 0.5) is 28.4 Å². The first-order chi connectivity index (χ1) is 27.0. The van der Waals surface area contributed by atoms with Crippen LogP contribution < -0.4 is 15.4 Å². The zero-order chi connectivity index (χ0) is 42.6. The molecule has 58 heavy (non-hydrogen) atoms. The average molecular weight is 845 g/mol. The molecule has 0 radical (unpaired) electrons. The minimum atomic E-state index is -4.88. The summed E-state index contributed by atoms with van der Waals surface area (Å²) in [7, 11) is 0. The van der Waals surface area contributed by atoms with Gasteiger partial charge in [-0.15, -0.1) is 18.2 Å². The van der Waals surface area contributed by atoms with Gasteiger partial charge in [0.1, 0.15) is 17.0 Å². The first-order valence-corrected chi connectivity index (χ1v) is 18.2. The van der Waals surface area contributed by atoms with Crippen molar-refractivity contribution >= 4 is 63.9 Å². The van der Waals surface area contributed by atoms with E-state index in [1.54, 1.807) is 71.9 Å². The number of aromatic nitrogens is 2. The first kappa shape index (κ1) is 43.1. The van der Waals surface area contributed by atoms with E-state index < -0.39 is 53.9 Å². The Balaban J connectivity index is 1.36. The Labute approximate surface area is 340 Å². The van der Waals surface area contributed by atoms with Gasteiger partial charge in [0.05, 0.1) is 50.8 Å². The van der Waals surface area contributed by atoms with E-state index in [0.29, 0.717) is 32.8 Å². The smallest absolute Gasteiger partial charge is 0.444 e. The van der Waals surface area contributed by atoms with Crippen LogP contribution in [0.2, 0.25) is 10.0 Å². The third-order valence-electron chi connectivity index (χ3n) is 7.64. The molecule has 5 rings (SSSR count). The number of benzene rings is 4. The van der Waals surface area contributed by atoms with Crippen LogP contribution in [0.5, 0.6) is 5.75 Å². The number of rotatable bonds is 9. The molecule has 0 spiro atoms. The molecule has 1 heterocycles. The summed E-state index contributed by atoms with van der Waals surface area (Å²) in [5, 5.41) is 10.9. The van der Waals surface area contributed by atoms with Gasteiger partial charge in [-0.3, -0.25) is 4.79 Å². The summed E-state index contributed by atoms with van der Waals surface area (Å²) in [5.74, 6) is -2.11. The van der Waals surface area contributed by atoms with Gasteiger partial charge in [0.2, 0.25) is 0 Å². The molecule has 0 atom stereocenters. The van der Waals surface area contributed by atoms with Gasteiger partial charge in [-0.25, -0.2) is 19.1 Å². The number of hydroxylamine groups is 2. The second-order valence-corrected chi connectivity index (χ2v) is 15.5. The summed E-state index contributed by atoms with van der Waals surface area (Å²) in [6.07, 6.45) is -5.15. The van der Waals surface area contributed by atoms with Gasteiger partial charge >= 0.3 is 24.5 Å². The highest BCUT2D eigenvalue weighted by atomic mass is 35.5. The van der Waals surface area contributed by atoms with Crippen LogP contribution in [0.15, 0.2) is 85.1 Å². The molecular formula is C40H38Cl2F3N5O8. The van der Waals surface area contributed by atoms with E-state index in [4.69, 9.17) is 37.5 Å². The van der Waals surface area contributed by atoms with Crippen LogP contribution in [0.3, 0.4) is 0 Å². The maximum atomic E-state index is 13.7. The van der Waals surface area contributed by atoms with Crippen molar-refractivity contribution in [3.8, 4) is 11.4 Å². The number of fused-ring (bicyclic) bond motifs is 1. The highest BCUT2D eigenvalue weighted by molar-refractivity contribution is 6.34. The van der Waals surface area contributed by atoms with Gasteiger partial charge in [-0.05, 0) is 101 Å². The van der Waals surface area contributed by atoms with E-state index in [1.165, 1.54) is 53.3 Å². The molecule has 2 N–H and O–H groups in total. The predicted octanol–water partition coefficient (Wildman–Crippen LogP) is 10.0. The summed E-state index contributed by atoms with van der Waals surface area (Å²) >= 11 is 12.8. The Morgan fingerprint density at radius 1 is 0.793 bits per heavy atom. The largest absolute Gasteiger partial charge is 0.573 e. The predicted molar refractivity (Wildman–Crippen MR) is 209 cm³/mol. The number of ether oxygens (including phenoxy) is 3. The van der Waals surface area contributed by atoms with Gasteiger partial charge in [0.15, 0.2) is 0 Å². The molecule has 0 aliphatic rings. The van der Waals surface area contributed by atoms with Crippen LogP contribution in [0, 0.1) is 0 Å². The molecule has 0 aliphatic heterocycles. The molecule has 13 nitrogen and oxygen atoms in total. The van der Waals surface area contributed by atoms with E-state index in [0.717, 1.165) is 6.07 Å². The lowest BCUT2D eigenvalue weighted by molar-refractivity contribution is -0.274. The molecular weight excluding hydrogens is 806 g/mol. The number of nitrogens with one attached hydrogen (secondary N) is 2. The van der Waals surface area contributed by atoms with Gasteiger partial charge in [0.25, 0.3) is 5.91 Å². The number of hydrogen-bond donors (Lipinski definition) is 2. The second-order valence-electron chi connectivity index (χ2n) is 14.7. The maximum Gasteiger partial charge on any atom is 0.573 e. The highest BCUT2D eigenvalue weighted by Gasteiger charge is 2.31. The molecule has 3 amide bonds. The zero-order valence-electron chi connectivity index (χ0n) is 32.0. The molecule has 0 saturated carbocycles. The molecule has 18 heteroatoms. The van der Waals surface area contributed by atoms with Crippen LogP contribution in [-0.4, -0.2) is 56.5 Å². The van der Waals surface area contributed by atoms with E-state index in [2.05, 4.69) is 20.5 Å². The molecule has 0 fully saturated rings. The Bertz CT molecular complexity index is 2360. The normalized spacial score (nSPS) is 11.8. The Morgan fingerprint density at radius 2 is 1.43 bits per heavy atom. The van der Waals surface area contributed by atoms with Crippen molar-refractivity contribution in [2.24, 2.45) is 0 Å². The molecule has 0 unspecified atom stereocenters. The van der Waals surface area contributed by atoms with Crippen molar-refractivity contribution in [1.82, 2.24) is 20.2 Å². The Kier molecular flexibility index (Phi) is 12.8. The number of amides is 3. The van der Waals surface area contributed by atoms with Gasteiger partial charge < -0.3 is 29.7 Å². The van der Waals surface area contributed by atoms with E-state index >= 15 is 0 Å². The van der Waals surface area contributed by atoms with Gasteiger partial charge in [-0.1, -0.05) is 47.5 Å². The van der Waals surface area contributed by atoms with Crippen molar-refractivity contribution in [3.63, 3.8) is 0 Å². The highest BCUT2D eigenvalue weighted by Crippen LogP contribution is 2.30. The molecule has 5 aromatic rings. The summed E-state index contributed by atoms with van der Waals surface area (Å²) in [6, 6.07) is 18.9. The third kappa shape index (κ3) is 11.8. The van der Waals surface area contributed by atoms with Crippen LogP contribution in [0.25, 0.3) is 16.6 Å². The lowest BCUT2D eigenvalue weighted by Gasteiger charge is -2.26. The van der Waals surface area contributed by atoms with Crippen molar-refractivity contribution in [1.29, 1.82) is 0 Å². The van der Waals surface area contributed by atoms with E-state index in [9.17, 15) is 32.3 Å². The van der Waals surface area contributed by atoms with Crippen LogP contribution >= 0.6 is 23.2 Å². The maximum absolute atomic E-state index is 13.7. The fourth-order valence-corrected chi connectivity index (χ4v) is 5.70. The minimum Gasteiger partial charge on any atom is -0.444 e. The average Bonchev–Trinajstić information content (AvgIpc) is 3.55. The zero-order valence-corrected chi connectivity index (χ0v) is 33.5. The molecule has 0 aliphatic carbocycles. The SMILES string of the molecule is CC(C)(C)OC(=O)NCc1ccc(Cl)c(C(=O)ON(Cc2ccc(Cl)c(C(=O)Nc3cccc4c3cnn4-c3cccc(OC(F)(F)F)c3)c2)C(=O)OC(C)(C)C)c1. The quantitative estimate of drug-likeness (QED) is 0.138. The summed E-state index contributed by atoms with van der Waals surface area (Å²) < 4.78 is 54.7. The number of anilines is 1. The molecule has 4 aromatic carbocycles. The molecule has 0 bridgehead atoms. The fourth-order valence-electron chi connectivity index (χ4n) is 5.30. The summed E-state index contributed by atoms with van der Waals surface area (Å²) in [6.45, 7) is 9.61. The number of carbonyl (C=O) groups excluding carboxylic acids is 4. The summed E-state index contributed by atoms with van der Waals surface area (Å²) in [4.78, 5) is 58.3. The third-order valence-corrected chi connectivity index (χ3v) is 8.29. The van der Waals surface area contributed by atoms with Crippen molar-refractivity contribution < 1.29 is 51.4 Å². The molecule has 1 aromatic heterocycles. The van der Waals surface area contributed by atoms with E-state index in [1.807, 2.05) is 0 Å². The van der Waals surface area contributed by atoms with E-state index in [-0.39, 0.29) is 33.4 Å². The summed E-state index contributed by atoms with van der Waals surface area (Å²) in [5.41, 5.74) is -0.0157. The first-order valence-electron chi connectivity index (χ1n) is 17.5. The van der Waals surface area contributed by atoms with Gasteiger partial charge in [-0.2, -0.15) is 5.10 Å². The van der Waals surface area contributed by atoms with Crippen molar-refractivity contribution in [2.45, 2.75) is 72.2 Å². The standard InChI is InChI=1S/C40H38Cl2F3N5O8/c1-38(2,3)56-36(53)46-20-23-13-15-31(42)28(17-23)35(52)58-49(37(54)57-39(4,5)6)22-24-14-16-30(41)27(18-24)34(51)48-32-11-8-12-33-29(32)21-47-50(33)25-9-7-10-26(19-25)55-40(43,44)45/h7-19,21H,20,22H2,1-6H3,(H,46,53)(H,48,51). The molecule has 306 valence electrons. The Morgan fingerprint density at radius 3 is 2.10 bits per heavy atom. The van der Waals surface area contributed by atoms with Crippen LogP contribution in [-0.2, 0) is 27.4 Å². The minimum absolute atomic E-state index is 0.00478. The fraction of sp³-hybridized carbons (Fsp3) is 0.275. The Hall–Kier alpha value is -6.00. The van der Waals surface area contributed by atoms with Crippen molar-refractivity contribution in [3.05, 3.63) is 117 Å². The lowest BCUT2D eigenvalue weighted by atomic mass is 10.1. The monoisotopic (exact) mass is 843 g/mol. The number of alkyl halides is 3.